The van der Waals surface area contributed by atoms with E-state index in [0.717, 1.165) is 22.5 Å². The first-order valence-corrected chi connectivity index (χ1v) is 11.9. The van der Waals surface area contributed by atoms with E-state index in [1.165, 1.54) is 7.11 Å². The standard InChI is InChI=1S/C27H27N7O2/c1-4-33-17-28-27(32-33)31-25(35)20-16-21-23(30-26(20)36-3)29-24(34(21)5-2)22(18-12-8-6-9-13-18)19-14-10-7-11-15-19/h6-17,22H,4-5H2,1-3H3,(H,31,32,35). The fourth-order valence-electron chi connectivity index (χ4n) is 4.38. The van der Waals surface area contributed by atoms with Crippen LogP contribution in [0.4, 0.5) is 5.95 Å². The number of amides is 1. The quantitative estimate of drug-likeness (QED) is 0.350. The number of anilines is 1. The third-order valence-electron chi connectivity index (χ3n) is 6.10. The molecule has 3 heterocycles. The number of carbonyl (C=O) groups excluding carboxylic acids is 1. The van der Waals surface area contributed by atoms with Crippen LogP contribution in [-0.2, 0) is 13.1 Å². The molecule has 0 radical (unpaired) electrons. The van der Waals surface area contributed by atoms with Crippen LogP contribution < -0.4 is 10.1 Å². The zero-order valence-corrected chi connectivity index (χ0v) is 20.4. The zero-order chi connectivity index (χ0) is 25.1. The number of fused-ring (bicyclic) bond motifs is 1. The normalized spacial score (nSPS) is 11.2. The van der Waals surface area contributed by atoms with Crippen molar-refractivity contribution < 1.29 is 9.53 Å². The number of aromatic nitrogens is 6. The molecule has 0 atom stereocenters. The number of pyridine rings is 1. The average Bonchev–Trinajstić information content (AvgIpc) is 3.52. The second-order valence-electron chi connectivity index (χ2n) is 8.23. The van der Waals surface area contributed by atoms with Gasteiger partial charge in [0.1, 0.15) is 17.7 Å². The van der Waals surface area contributed by atoms with Crippen molar-refractivity contribution in [3.8, 4) is 5.88 Å². The molecule has 3 aromatic heterocycles. The largest absolute Gasteiger partial charge is 0.480 e. The number of methoxy groups -OCH3 is 1. The van der Waals surface area contributed by atoms with Crippen LogP contribution >= 0.6 is 0 Å². The first-order valence-electron chi connectivity index (χ1n) is 11.9. The molecule has 0 bridgehead atoms. The van der Waals surface area contributed by atoms with Gasteiger partial charge in [0.05, 0.1) is 18.5 Å². The second-order valence-corrected chi connectivity index (χ2v) is 8.23. The fraction of sp³-hybridized carbons (Fsp3) is 0.222. The lowest BCUT2D eigenvalue weighted by molar-refractivity contribution is 0.102. The van der Waals surface area contributed by atoms with Crippen molar-refractivity contribution in [1.29, 1.82) is 0 Å². The molecule has 0 spiro atoms. The zero-order valence-electron chi connectivity index (χ0n) is 20.4. The van der Waals surface area contributed by atoms with Gasteiger partial charge in [0.2, 0.25) is 11.8 Å². The molecule has 1 N–H and O–H groups in total. The molecule has 0 fully saturated rings. The van der Waals surface area contributed by atoms with E-state index in [2.05, 4.69) is 56.1 Å². The van der Waals surface area contributed by atoms with Gasteiger partial charge in [0, 0.05) is 13.1 Å². The molecule has 5 aromatic rings. The molecule has 0 saturated carbocycles. The number of hydrogen-bond donors (Lipinski definition) is 1. The van der Waals surface area contributed by atoms with Crippen LogP contribution in [-0.4, -0.2) is 42.3 Å². The topological polar surface area (TPSA) is 99.8 Å². The van der Waals surface area contributed by atoms with E-state index in [4.69, 9.17) is 9.72 Å². The van der Waals surface area contributed by atoms with E-state index in [9.17, 15) is 4.79 Å². The van der Waals surface area contributed by atoms with Gasteiger partial charge >= 0.3 is 0 Å². The first-order chi connectivity index (χ1) is 17.6. The van der Waals surface area contributed by atoms with Crippen molar-refractivity contribution in [2.45, 2.75) is 32.9 Å². The molecule has 1 amide bonds. The lowest BCUT2D eigenvalue weighted by Crippen LogP contribution is -2.15. The minimum atomic E-state index is -0.400. The molecule has 5 rings (SSSR count). The van der Waals surface area contributed by atoms with Crippen molar-refractivity contribution in [2.75, 3.05) is 12.4 Å². The summed E-state index contributed by atoms with van der Waals surface area (Å²) in [5, 5.41) is 6.97. The van der Waals surface area contributed by atoms with E-state index in [0.29, 0.717) is 18.7 Å². The number of imidazole rings is 1. The number of carbonyl (C=O) groups is 1. The summed E-state index contributed by atoms with van der Waals surface area (Å²) in [5.41, 5.74) is 3.80. The van der Waals surface area contributed by atoms with Gasteiger partial charge < -0.3 is 9.30 Å². The molecule has 2 aromatic carbocycles. The average molecular weight is 482 g/mol. The lowest BCUT2D eigenvalue weighted by Gasteiger charge is -2.19. The van der Waals surface area contributed by atoms with Crippen molar-refractivity contribution in [1.82, 2.24) is 29.3 Å². The van der Waals surface area contributed by atoms with E-state index in [1.54, 1.807) is 17.1 Å². The number of ether oxygens (including phenoxy) is 1. The summed E-state index contributed by atoms with van der Waals surface area (Å²) < 4.78 is 9.23. The minimum absolute atomic E-state index is 0.105. The van der Waals surface area contributed by atoms with E-state index in [-0.39, 0.29) is 23.3 Å². The SMILES string of the molecule is CCn1cnc(NC(=O)c2cc3c(nc2OC)nc(C(c2ccccc2)c2ccccc2)n3CC)n1. The highest BCUT2D eigenvalue weighted by Crippen LogP contribution is 2.34. The molecular formula is C27H27N7O2. The summed E-state index contributed by atoms with van der Waals surface area (Å²) >= 11 is 0. The van der Waals surface area contributed by atoms with E-state index in [1.807, 2.05) is 43.3 Å². The Morgan fingerprint density at radius 1 is 0.972 bits per heavy atom. The summed E-state index contributed by atoms with van der Waals surface area (Å²) in [7, 11) is 1.49. The number of nitrogens with one attached hydrogen (secondary N) is 1. The Morgan fingerprint density at radius 2 is 1.64 bits per heavy atom. The Balaban J connectivity index is 1.63. The van der Waals surface area contributed by atoms with Crippen molar-refractivity contribution >= 4 is 23.0 Å². The Kier molecular flexibility index (Phi) is 6.44. The van der Waals surface area contributed by atoms with Crippen LogP contribution in [0.5, 0.6) is 5.88 Å². The van der Waals surface area contributed by atoms with Crippen molar-refractivity contribution in [2.24, 2.45) is 0 Å². The van der Waals surface area contributed by atoms with Crippen LogP contribution in [0.15, 0.2) is 73.1 Å². The van der Waals surface area contributed by atoms with Crippen LogP contribution in [0.25, 0.3) is 11.2 Å². The molecule has 9 nitrogen and oxygen atoms in total. The number of nitrogens with zero attached hydrogens (tertiary/aromatic N) is 6. The maximum atomic E-state index is 13.2. The molecule has 182 valence electrons. The molecule has 0 aliphatic carbocycles. The molecular weight excluding hydrogens is 454 g/mol. The first kappa shape index (κ1) is 23.2. The highest BCUT2D eigenvalue weighted by Gasteiger charge is 2.26. The molecule has 0 aliphatic rings. The summed E-state index contributed by atoms with van der Waals surface area (Å²) in [6.07, 6.45) is 1.57. The Labute approximate surface area is 208 Å². The van der Waals surface area contributed by atoms with Gasteiger partial charge in [-0.3, -0.25) is 14.8 Å². The number of aryl methyl sites for hydroxylation is 2. The van der Waals surface area contributed by atoms with Gasteiger partial charge in [0.15, 0.2) is 5.65 Å². The molecule has 0 saturated heterocycles. The molecule has 0 aliphatic heterocycles. The van der Waals surface area contributed by atoms with E-state index >= 15 is 0 Å². The van der Waals surface area contributed by atoms with Gasteiger partial charge in [-0.2, -0.15) is 4.98 Å². The van der Waals surface area contributed by atoms with Crippen molar-refractivity contribution in [3.63, 3.8) is 0 Å². The highest BCUT2D eigenvalue weighted by molar-refractivity contribution is 6.06. The van der Waals surface area contributed by atoms with Crippen LogP contribution in [0.1, 0.15) is 47.1 Å². The van der Waals surface area contributed by atoms with Crippen LogP contribution in [0.3, 0.4) is 0 Å². The van der Waals surface area contributed by atoms with Gasteiger partial charge in [-0.25, -0.2) is 9.97 Å². The highest BCUT2D eigenvalue weighted by atomic mass is 16.5. The number of rotatable bonds is 8. The summed E-state index contributed by atoms with van der Waals surface area (Å²) in [6, 6.07) is 22.3. The fourth-order valence-corrected chi connectivity index (χ4v) is 4.38. The maximum Gasteiger partial charge on any atom is 0.263 e. The van der Waals surface area contributed by atoms with Crippen LogP contribution in [0.2, 0.25) is 0 Å². The Morgan fingerprint density at radius 3 is 2.19 bits per heavy atom. The lowest BCUT2D eigenvalue weighted by atomic mass is 9.90. The van der Waals surface area contributed by atoms with E-state index < -0.39 is 5.91 Å². The van der Waals surface area contributed by atoms with Gasteiger partial charge in [-0.15, -0.1) is 5.10 Å². The minimum Gasteiger partial charge on any atom is -0.480 e. The third-order valence-corrected chi connectivity index (χ3v) is 6.10. The van der Waals surface area contributed by atoms with Gasteiger partial charge in [-0.1, -0.05) is 60.7 Å². The Bertz CT molecular complexity index is 1450. The van der Waals surface area contributed by atoms with Gasteiger partial charge in [-0.05, 0) is 31.0 Å². The van der Waals surface area contributed by atoms with Gasteiger partial charge in [0.25, 0.3) is 5.91 Å². The Hall–Kier alpha value is -4.53. The predicted octanol–water partition coefficient (Wildman–Crippen LogP) is 4.50. The molecule has 36 heavy (non-hydrogen) atoms. The van der Waals surface area contributed by atoms with Crippen molar-refractivity contribution in [3.05, 3.63) is 95.6 Å². The second kappa shape index (κ2) is 9.99. The summed E-state index contributed by atoms with van der Waals surface area (Å²) in [6.45, 7) is 5.31. The molecule has 0 unspecified atom stereocenters. The molecule has 9 heteroatoms. The maximum absolute atomic E-state index is 13.2. The number of benzene rings is 2. The van der Waals surface area contributed by atoms with Crippen LogP contribution in [0, 0.1) is 0 Å². The predicted molar refractivity (Wildman–Crippen MR) is 137 cm³/mol. The number of hydrogen-bond acceptors (Lipinski definition) is 6. The monoisotopic (exact) mass is 481 g/mol. The summed E-state index contributed by atoms with van der Waals surface area (Å²) in [4.78, 5) is 26.9. The third kappa shape index (κ3) is 4.31. The summed E-state index contributed by atoms with van der Waals surface area (Å²) in [5.74, 6) is 0.760. The smallest absolute Gasteiger partial charge is 0.263 e.